The van der Waals surface area contributed by atoms with E-state index in [1.165, 1.54) is 24.4 Å². The molecule has 0 radical (unpaired) electrons. The van der Waals surface area contributed by atoms with Gasteiger partial charge in [-0.15, -0.1) is 0 Å². The molecular formula is C18H20FN3O. The predicted molar refractivity (Wildman–Crippen MR) is 91.5 cm³/mol. The molecule has 1 N–H and O–H groups in total. The molecule has 0 aliphatic carbocycles. The number of hydrogen-bond acceptors (Lipinski definition) is 3. The summed E-state index contributed by atoms with van der Waals surface area (Å²) in [5, 5.41) is 3.87. The lowest BCUT2D eigenvalue weighted by atomic mass is 10.2. The lowest BCUT2D eigenvalue weighted by molar-refractivity contribution is 0.0951. The summed E-state index contributed by atoms with van der Waals surface area (Å²) in [6, 6.07) is 13.7. The molecule has 2 aromatic carbocycles. The van der Waals surface area contributed by atoms with Crippen molar-refractivity contribution in [3.05, 3.63) is 65.5 Å². The van der Waals surface area contributed by atoms with Crippen LogP contribution in [0.5, 0.6) is 0 Å². The van der Waals surface area contributed by atoms with E-state index in [1.807, 2.05) is 24.3 Å². The normalized spacial score (nSPS) is 10.7. The number of nitrogens with zero attached hydrogens (tertiary/aromatic N) is 2. The SMILES string of the molecule is CCN(CC)c1ccc(/C=N/NC(=O)c2ccccc2F)cc1. The summed E-state index contributed by atoms with van der Waals surface area (Å²) in [5.41, 5.74) is 4.30. The van der Waals surface area contributed by atoms with E-state index in [0.717, 1.165) is 24.3 Å². The Morgan fingerprint density at radius 1 is 1.13 bits per heavy atom. The minimum absolute atomic E-state index is 0.0264. The Morgan fingerprint density at radius 2 is 1.78 bits per heavy atom. The molecule has 4 nitrogen and oxygen atoms in total. The maximum absolute atomic E-state index is 13.5. The van der Waals surface area contributed by atoms with Gasteiger partial charge in [0.15, 0.2) is 0 Å². The third-order valence-electron chi connectivity index (χ3n) is 3.52. The van der Waals surface area contributed by atoms with Crippen LogP contribution in [0, 0.1) is 5.82 Å². The molecule has 0 spiro atoms. The van der Waals surface area contributed by atoms with Crippen LogP contribution in [0.1, 0.15) is 29.8 Å². The second kappa shape index (κ2) is 8.08. The fourth-order valence-corrected chi connectivity index (χ4v) is 2.23. The van der Waals surface area contributed by atoms with Gasteiger partial charge in [0.05, 0.1) is 11.8 Å². The highest BCUT2D eigenvalue weighted by atomic mass is 19.1. The highest BCUT2D eigenvalue weighted by Crippen LogP contribution is 2.14. The van der Waals surface area contributed by atoms with Gasteiger partial charge in [0.25, 0.3) is 5.91 Å². The van der Waals surface area contributed by atoms with Crippen molar-refractivity contribution in [2.75, 3.05) is 18.0 Å². The molecule has 0 heterocycles. The largest absolute Gasteiger partial charge is 0.372 e. The minimum Gasteiger partial charge on any atom is -0.372 e. The van der Waals surface area contributed by atoms with Gasteiger partial charge in [-0.05, 0) is 43.7 Å². The maximum Gasteiger partial charge on any atom is 0.274 e. The van der Waals surface area contributed by atoms with Gasteiger partial charge in [-0.25, -0.2) is 9.82 Å². The van der Waals surface area contributed by atoms with Crippen LogP contribution in [-0.2, 0) is 0 Å². The van der Waals surface area contributed by atoms with Crippen LogP contribution in [0.2, 0.25) is 0 Å². The van der Waals surface area contributed by atoms with Gasteiger partial charge >= 0.3 is 0 Å². The molecule has 5 heteroatoms. The van der Waals surface area contributed by atoms with E-state index < -0.39 is 11.7 Å². The first-order chi connectivity index (χ1) is 11.2. The van der Waals surface area contributed by atoms with Crippen molar-refractivity contribution in [1.82, 2.24) is 5.43 Å². The van der Waals surface area contributed by atoms with Crippen LogP contribution >= 0.6 is 0 Å². The Morgan fingerprint density at radius 3 is 2.39 bits per heavy atom. The molecule has 0 atom stereocenters. The molecule has 0 aliphatic rings. The Labute approximate surface area is 135 Å². The summed E-state index contributed by atoms with van der Waals surface area (Å²) >= 11 is 0. The molecule has 0 saturated carbocycles. The van der Waals surface area contributed by atoms with Gasteiger partial charge in [0.1, 0.15) is 5.82 Å². The van der Waals surface area contributed by atoms with Crippen LogP contribution < -0.4 is 10.3 Å². The molecular weight excluding hydrogens is 293 g/mol. The maximum atomic E-state index is 13.5. The summed E-state index contributed by atoms with van der Waals surface area (Å²) in [7, 11) is 0. The fraction of sp³-hybridized carbons (Fsp3) is 0.222. The Balaban J connectivity index is 1.98. The van der Waals surface area contributed by atoms with Crippen LogP contribution in [0.4, 0.5) is 10.1 Å². The van der Waals surface area contributed by atoms with Gasteiger partial charge in [0, 0.05) is 18.8 Å². The molecule has 0 unspecified atom stereocenters. The summed E-state index contributed by atoms with van der Waals surface area (Å²) in [5.74, 6) is -1.14. The van der Waals surface area contributed by atoms with Crippen molar-refractivity contribution in [2.24, 2.45) is 5.10 Å². The second-order valence-corrected chi connectivity index (χ2v) is 4.94. The molecule has 0 bridgehead atoms. The first kappa shape index (κ1) is 16.7. The van der Waals surface area contributed by atoms with Gasteiger partial charge in [-0.1, -0.05) is 24.3 Å². The van der Waals surface area contributed by atoms with E-state index in [0.29, 0.717) is 0 Å². The summed E-state index contributed by atoms with van der Waals surface area (Å²) in [4.78, 5) is 14.0. The Bertz CT molecular complexity index is 679. The van der Waals surface area contributed by atoms with Crippen LogP contribution in [0.15, 0.2) is 53.6 Å². The minimum atomic E-state index is -0.570. The first-order valence-electron chi connectivity index (χ1n) is 7.58. The average molecular weight is 313 g/mol. The molecule has 23 heavy (non-hydrogen) atoms. The monoisotopic (exact) mass is 313 g/mol. The van der Waals surface area contributed by atoms with Crippen LogP contribution in [0.3, 0.4) is 0 Å². The number of halogens is 1. The van der Waals surface area contributed by atoms with Crippen molar-refractivity contribution in [3.8, 4) is 0 Å². The van der Waals surface area contributed by atoms with E-state index in [2.05, 4.69) is 29.3 Å². The molecule has 0 fully saturated rings. The van der Waals surface area contributed by atoms with E-state index in [-0.39, 0.29) is 5.56 Å². The first-order valence-corrected chi connectivity index (χ1v) is 7.58. The number of rotatable bonds is 6. The van der Waals surface area contributed by atoms with E-state index in [4.69, 9.17) is 0 Å². The Hall–Kier alpha value is -2.69. The number of amides is 1. The highest BCUT2D eigenvalue weighted by Gasteiger charge is 2.09. The van der Waals surface area contributed by atoms with Crippen LogP contribution in [0.25, 0.3) is 0 Å². The van der Waals surface area contributed by atoms with Crippen molar-refractivity contribution < 1.29 is 9.18 Å². The van der Waals surface area contributed by atoms with Crippen molar-refractivity contribution in [2.45, 2.75) is 13.8 Å². The van der Waals surface area contributed by atoms with Gasteiger partial charge in [-0.2, -0.15) is 5.10 Å². The number of carbonyl (C=O) groups is 1. The number of anilines is 1. The number of benzene rings is 2. The number of hydrazone groups is 1. The fourth-order valence-electron chi connectivity index (χ4n) is 2.23. The molecule has 1 amide bonds. The third kappa shape index (κ3) is 4.39. The quantitative estimate of drug-likeness (QED) is 0.656. The highest BCUT2D eigenvalue weighted by molar-refractivity contribution is 5.95. The number of nitrogens with one attached hydrogen (secondary N) is 1. The van der Waals surface area contributed by atoms with Crippen molar-refractivity contribution in [3.63, 3.8) is 0 Å². The zero-order valence-electron chi connectivity index (χ0n) is 13.3. The average Bonchev–Trinajstić information content (AvgIpc) is 2.57. The van der Waals surface area contributed by atoms with Gasteiger partial charge in [-0.3, -0.25) is 4.79 Å². The number of hydrogen-bond donors (Lipinski definition) is 1. The topological polar surface area (TPSA) is 44.7 Å². The third-order valence-corrected chi connectivity index (χ3v) is 3.52. The number of carbonyl (C=O) groups excluding carboxylic acids is 1. The zero-order valence-corrected chi connectivity index (χ0v) is 13.3. The van der Waals surface area contributed by atoms with Gasteiger partial charge < -0.3 is 4.90 Å². The van der Waals surface area contributed by atoms with E-state index >= 15 is 0 Å². The summed E-state index contributed by atoms with van der Waals surface area (Å²) < 4.78 is 13.5. The van der Waals surface area contributed by atoms with Crippen molar-refractivity contribution >= 4 is 17.8 Å². The molecule has 0 saturated heterocycles. The molecule has 120 valence electrons. The van der Waals surface area contributed by atoms with Gasteiger partial charge in [0.2, 0.25) is 0 Å². The predicted octanol–water partition coefficient (Wildman–Crippen LogP) is 3.44. The summed E-state index contributed by atoms with van der Waals surface area (Å²) in [6.07, 6.45) is 1.53. The van der Waals surface area contributed by atoms with E-state index in [1.54, 1.807) is 6.07 Å². The standard InChI is InChI=1S/C18H20FN3O/c1-3-22(4-2)15-11-9-14(10-12-15)13-20-21-18(23)16-7-5-6-8-17(16)19/h5-13H,3-4H2,1-2H3,(H,21,23)/b20-13+. The second-order valence-electron chi connectivity index (χ2n) is 4.94. The van der Waals surface area contributed by atoms with Crippen molar-refractivity contribution in [1.29, 1.82) is 0 Å². The smallest absolute Gasteiger partial charge is 0.274 e. The van der Waals surface area contributed by atoms with E-state index in [9.17, 15) is 9.18 Å². The lowest BCUT2D eigenvalue weighted by Gasteiger charge is -2.20. The van der Waals surface area contributed by atoms with Crippen LogP contribution in [-0.4, -0.2) is 25.2 Å². The molecule has 2 rings (SSSR count). The molecule has 2 aromatic rings. The zero-order chi connectivity index (χ0) is 16.7. The Kier molecular flexibility index (Phi) is 5.86. The lowest BCUT2D eigenvalue weighted by Crippen LogP contribution is -2.21. The molecule has 0 aromatic heterocycles. The molecule has 0 aliphatic heterocycles. The summed E-state index contributed by atoms with van der Waals surface area (Å²) in [6.45, 7) is 6.11.